The van der Waals surface area contributed by atoms with Crippen molar-refractivity contribution < 1.29 is 29.6 Å². The number of amides is 3. The van der Waals surface area contributed by atoms with Gasteiger partial charge in [0.25, 0.3) is 5.91 Å². The van der Waals surface area contributed by atoms with Crippen LogP contribution >= 0.6 is 0 Å². The molecular formula is C23H24FN3O5. The van der Waals surface area contributed by atoms with Crippen molar-refractivity contribution >= 4 is 23.4 Å². The van der Waals surface area contributed by atoms with Crippen molar-refractivity contribution in [2.45, 2.75) is 31.9 Å². The van der Waals surface area contributed by atoms with Gasteiger partial charge in [0, 0.05) is 49.0 Å². The summed E-state index contributed by atoms with van der Waals surface area (Å²) in [4.78, 5) is 38.1. The summed E-state index contributed by atoms with van der Waals surface area (Å²) in [6, 6.07) is 7.67. The van der Waals surface area contributed by atoms with Crippen molar-refractivity contribution in [1.82, 2.24) is 10.2 Å². The molecule has 3 amide bonds. The van der Waals surface area contributed by atoms with E-state index in [1.807, 2.05) is 0 Å². The van der Waals surface area contributed by atoms with E-state index >= 15 is 0 Å². The standard InChI is InChI=1S/C23H24FN3O5/c1-31-9-10-32-15-5-6-18(24)14(11-15)12-25-19-4-2-3-16-17(19)13-27(23(16)30)20-7-8-21(28)26-22(20)29/h2-6,11,20,25H,7-10,12-13H2,1H3,(H,26,28,29)/t20-/m1/s1/i20D. The van der Waals surface area contributed by atoms with Crippen LogP contribution in [0.3, 0.4) is 0 Å². The maximum Gasteiger partial charge on any atom is 0.255 e. The van der Waals surface area contributed by atoms with E-state index in [2.05, 4.69) is 10.6 Å². The minimum Gasteiger partial charge on any atom is -0.491 e. The Kier molecular flexibility index (Phi) is 5.98. The molecule has 1 atom stereocenters. The number of carbonyl (C=O) groups excluding carboxylic acids is 3. The molecule has 32 heavy (non-hydrogen) atoms. The largest absolute Gasteiger partial charge is 0.491 e. The fourth-order valence-electron chi connectivity index (χ4n) is 3.79. The van der Waals surface area contributed by atoms with Crippen LogP contribution < -0.4 is 15.4 Å². The Morgan fingerprint density at radius 2 is 2.09 bits per heavy atom. The number of rotatable bonds is 8. The Hall–Kier alpha value is -3.46. The molecule has 8 nitrogen and oxygen atoms in total. The van der Waals surface area contributed by atoms with Crippen molar-refractivity contribution in [3.63, 3.8) is 0 Å². The molecule has 2 heterocycles. The number of halogens is 1. The normalized spacial score (nSPS) is 20.6. The van der Waals surface area contributed by atoms with Crippen LogP contribution in [0.15, 0.2) is 36.4 Å². The smallest absolute Gasteiger partial charge is 0.255 e. The van der Waals surface area contributed by atoms with Gasteiger partial charge in [-0.1, -0.05) is 6.07 Å². The van der Waals surface area contributed by atoms with Crippen LogP contribution in [0.5, 0.6) is 5.75 Å². The zero-order valence-corrected chi connectivity index (χ0v) is 17.6. The third-order valence-corrected chi connectivity index (χ3v) is 5.44. The minimum atomic E-state index is -1.86. The van der Waals surface area contributed by atoms with Gasteiger partial charge >= 0.3 is 0 Å². The average Bonchev–Trinajstić information content (AvgIpc) is 3.15. The number of hydrogen-bond acceptors (Lipinski definition) is 6. The van der Waals surface area contributed by atoms with Crippen molar-refractivity contribution in [3.8, 4) is 5.75 Å². The minimum absolute atomic E-state index is 0.0114. The van der Waals surface area contributed by atoms with E-state index in [9.17, 15) is 18.8 Å². The molecule has 0 saturated carbocycles. The maximum absolute atomic E-state index is 14.3. The molecule has 4 rings (SSSR count). The Morgan fingerprint density at radius 1 is 1.25 bits per heavy atom. The number of anilines is 1. The highest BCUT2D eigenvalue weighted by molar-refractivity contribution is 6.06. The lowest BCUT2D eigenvalue weighted by Gasteiger charge is -2.29. The van der Waals surface area contributed by atoms with Crippen molar-refractivity contribution in [2.24, 2.45) is 0 Å². The lowest BCUT2D eigenvalue weighted by molar-refractivity contribution is -0.136. The number of fused-ring (bicyclic) bond motifs is 1. The number of imide groups is 1. The molecule has 0 unspecified atom stereocenters. The first-order valence-electron chi connectivity index (χ1n) is 10.8. The summed E-state index contributed by atoms with van der Waals surface area (Å²) in [7, 11) is 1.57. The number of nitrogens with one attached hydrogen (secondary N) is 2. The van der Waals surface area contributed by atoms with Crippen LogP contribution in [-0.4, -0.2) is 49.0 Å². The first-order chi connectivity index (χ1) is 15.8. The number of nitrogens with zero attached hydrogens (tertiary/aromatic N) is 1. The van der Waals surface area contributed by atoms with Crippen molar-refractivity contribution in [3.05, 3.63) is 58.9 Å². The third kappa shape index (κ3) is 4.43. The Bertz CT molecular complexity index is 1110. The van der Waals surface area contributed by atoms with E-state index in [0.29, 0.717) is 41.3 Å². The predicted octanol–water partition coefficient (Wildman–Crippen LogP) is 2.22. The molecule has 2 aliphatic heterocycles. The van der Waals surface area contributed by atoms with Gasteiger partial charge in [0.2, 0.25) is 11.8 Å². The molecule has 0 radical (unpaired) electrons. The summed E-state index contributed by atoms with van der Waals surface area (Å²) in [6.45, 7) is 0.923. The molecule has 2 aromatic rings. The van der Waals surface area contributed by atoms with Crippen molar-refractivity contribution in [2.75, 3.05) is 25.6 Å². The highest BCUT2D eigenvalue weighted by Crippen LogP contribution is 2.32. The molecule has 0 spiro atoms. The van der Waals surface area contributed by atoms with Gasteiger partial charge in [-0.25, -0.2) is 4.39 Å². The van der Waals surface area contributed by atoms with E-state index in [1.54, 1.807) is 37.4 Å². The van der Waals surface area contributed by atoms with Gasteiger partial charge < -0.3 is 19.7 Å². The van der Waals surface area contributed by atoms with E-state index in [1.165, 1.54) is 11.0 Å². The second kappa shape index (κ2) is 9.35. The fraction of sp³-hybridized carbons (Fsp3) is 0.348. The number of benzene rings is 2. The third-order valence-electron chi connectivity index (χ3n) is 5.44. The van der Waals surface area contributed by atoms with Gasteiger partial charge in [0.1, 0.15) is 24.2 Å². The average molecular weight is 442 g/mol. The summed E-state index contributed by atoms with van der Waals surface area (Å²) in [5.74, 6) is -1.60. The van der Waals surface area contributed by atoms with Gasteiger partial charge in [0.15, 0.2) is 0 Å². The van der Waals surface area contributed by atoms with Crippen LogP contribution in [0.2, 0.25) is 0 Å². The molecule has 0 bridgehead atoms. The molecule has 1 fully saturated rings. The molecule has 1 saturated heterocycles. The summed E-state index contributed by atoms with van der Waals surface area (Å²) < 4.78 is 33.4. The van der Waals surface area contributed by atoms with Gasteiger partial charge in [0.05, 0.1) is 7.98 Å². The summed E-state index contributed by atoms with van der Waals surface area (Å²) in [5, 5.41) is 5.31. The van der Waals surface area contributed by atoms with Crippen LogP contribution in [0.4, 0.5) is 10.1 Å². The SMILES string of the molecule is [2H][C@@]1(N2Cc3c(NCc4cc(OCCOC)ccc4F)cccc3C2=O)CCC(=O)NC1=O. The molecule has 2 aromatic carbocycles. The van der Waals surface area contributed by atoms with Gasteiger partial charge in [-0.3, -0.25) is 19.7 Å². The van der Waals surface area contributed by atoms with Crippen LogP contribution in [0.1, 0.15) is 35.7 Å². The molecule has 2 N–H and O–H groups in total. The predicted molar refractivity (Wildman–Crippen MR) is 114 cm³/mol. The first kappa shape index (κ1) is 20.4. The maximum atomic E-state index is 14.3. The Morgan fingerprint density at radius 3 is 2.88 bits per heavy atom. The molecular weight excluding hydrogens is 417 g/mol. The van der Waals surface area contributed by atoms with Crippen LogP contribution in [0, 0.1) is 5.82 Å². The number of piperidine rings is 1. The van der Waals surface area contributed by atoms with E-state index < -0.39 is 29.6 Å². The van der Waals surface area contributed by atoms with Crippen LogP contribution in [-0.2, 0) is 27.4 Å². The molecule has 2 aliphatic rings. The number of ether oxygens (including phenoxy) is 2. The fourth-order valence-corrected chi connectivity index (χ4v) is 3.79. The molecule has 9 heteroatoms. The second-order valence-electron chi connectivity index (χ2n) is 7.50. The van der Waals surface area contributed by atoms with Gasteiger partial charge in [-0.15, -0.1) is 0 Å². The molecule has 0 aliphatic carbocycles. The quantitative estimate of drug-likeness (QED) is 0.481. The first-order valence-corrected chi connectivity index (χ1v) is 10.3. The lowest BCUT2D eigenvalue weighted by atomic mass is 10.0. The topological polar surface area (TPSA) is 97.0 Å². The van der Waals surface area contributed by atoms with E-state index in [0.717, 1.165) is 0 Å². The lowest BCUT2D eigenvalue weighted by Crippen LogP contribution is -2.52. The highest BCUT2D eigenvalue weighted by atomic mass is 19.1. The monoisotopic (exact) mass is 442 g/mol. The van der Waals surface area contributed by atoms with Crippen LogP contribution in [0.25, 0.3) is 0 Å². The summed E-state index contributed by atoms with van der Waals surface area (Å²) in [5.41, 5.74) is 1.97. The number of methoxy groups -OCH3 is 1. The zero-order chi connectivity index (χ0) is 23.6. The van der Waals surface area contributed by atoms with Crippen molar-refractivity contribution in [1.29, 1.82) is 0 Å². The number of carbonyl (C=O) groups is 3. The van der Waals surface area contributed by atoms with E-state index in [4.69, 9.17) is 10.8 Å². The molecule has 168 valence electrons. The van der Waals surface area contributed by atoms with Gasteiger partial charge in [-0.05, 0) is 36.8 Å². The Balaban J connectivity index is 1.51. The molecule has 0 aromatic heterocycles. The highest BCUT2D eigenvalue weighted by Gasteiger charge is 2.39. The summed E-state index contributed by atoms with van der Waals surface area (Å²) in [6.07, 6.45) is -0.0796. The number of hydrogen-bond donors (Lipinski definition) is 2. The Labute approximate surface area is 186 Å². The summed E-state index contributed by atoms with van der Waals surface area (Å²) >= 11 is 0. The zero-order valence-electron chi connectivity index (χ0n) is 18.6. The second-order valence-corrected chi connectivity index (χ2v) is 7.50. The van der Waals surface area contributed by atoms with E-state index in [-0.39, 0.29) is 25.9 Å². The van der Waals surface area contributed by atoms with Gasteiger partial charge in [-0.2, -0.15) is 0 Å².